The van der Waals surface area contributed by atoms with Crippen LogP contribution in [0.1, 0.15) is 6.42 Å². The Hall–Kier alpha value is -0.910. The number of nitrogens with zero attached hydrogens (tertiary/aromatic N) is 1. The summed E-state index contributed by atoms with van der Waals surface area (Å²) in [5, 5.41) is 15.7. The van der Waals surface area contributed by atoms with Crippen LogP contribution in [0.3, 0.4) is 0 Å². The fourth-order valence-corrected chi connectivity index (χ4v) is 1.34. The second kappa shape index (κ2) is 2.85. The number of nitrogens with one attached hydrogen (secondary N) is 1. The maximum atomic E-state index is 12.7. The number of likely N-dealkylation sites (tertiary alicyclic amines) is 1. The van der Waals surface area contributed by atoms with Crippen LogP contribution in [0.25, 0.3) is 0 Å². The van der Waals surface area contributed by atoms with E-state index in [1.54, 1.807) is 0 Å². The largest absolute Gasteiger partial charge is 0.394 e. The van der Waals surface area contributed by atoms with E-state index in [0.29, 0.717) is 0 Å². The second-order valence-electron chi connectivity index (χ2n) is 2.91. The van der Waals surface area contributed by atoms with Gasteiger partial charge in [0.15, 0.2) is 5.96 Å². The molecule has 12 heavy (non-hydrogen) atoms. The standard InChI is InChI=1S/C6H11F2N3O/c7-6(8)1-4(2-12)11(3-6)5(9)10/h4,12H,1-3H2,(H3,9,10)/t4-/m1/s1. The van der Waals surface area contributed by atoms with Crippen LogP contribution in [0.15, 0.2) is 0 Å². The first-order valence-electron chi connectivity index (χ1n) is 3.55. The van der Waals surface area contributed by atoms with Gasteiger partial charge in [0.25, 0.3) is 5.92 Å². The number of hydrogen-bond acceptors (Lipinski definition) is 2. The predicted octanol–water partition coefficient (Wildman–Crippen LogP) is -0.418. The fraction of sp³-hybridized carbons (Fsp3) is 0.833. The van der Waals surface area contributed by atoms with E-state index in [9.17, 15) is 8.78 Å². The van der Waals surface area contributed by atoms with Crippen molar-refractivity contribution in [1.82, 2.24) is 4.90 Å². The molecule has 0 amide bonds. The summed E-state index contributed by atoms with van der Waals surface area (Å²) < 4.78 is 25.4. The van der Waals surface area contributed by atoms with E-state index in [-0.39, 0.29) is 0 Å². The number of alkyl halides is 2. The van der Waals surface area contributed by atoms with Crippen molar-refractivity contribution in [2.45, 2.75) is 18.4 Å². The Morgan fingerprint density at radius 2 is 2.33 bits per heavy atom. The molecule has 0 radical (unpaired) electrons. The molecule has 70 valence electrons. The Morgan fingerprint density at radius 3 is 2.67 bits per heavy atom. The van der Waals surface area contributed by atoms with Crippen molar-refractivity contribution < 1.29 is 13.9 Å². The molecule has 0 aliphatic carbocycles. The third-order valence-electron chi connectivity index (χ3n) is 1.90. The Balaban J connectivity index is 2.69. The lowest BCUT2D eigenvalue weighted by Gasteiger charge is -2.21. The minimum atomic E-state index is -2.83. The number of aliphatic hydroxyl groups is 1. The van der Waals surface area contributed by atoms with Crippen molar-refractivity contribution in [2.75, 3.05) is 13.2 Å². The van der Waals surface area contributed by atoms with Gasteiger partial charge in [-0.15, -0.1) is 0 Å². The molecule has 0 aromatic heterocycles. The van der Waals surface area contributed by atoms with Gasteiger partial charge in [-0.25, -0.2) is 8.78 Å². The van der Waals surface area contributed by atoms with E-state index in [4.69, 9.17) is 16.2 Å². The fourth-order valence-electron chi connectivity index (χ4n) is 1.34. The molecule has 1 aliphatic rings. The molecule has 4 N–H and O–H groups in total. The lowest BCUT2D eigenvalue weighted by Crippen LogP contribution is -2.42. The molecule has 0 spiro atoms. The van der Waals surface area contributed by atoms with Gasteiger partial charge in [0.2, 0.25) is 0 Å². The molecule has 0 aromatic rings. The Kier molecular flexibility index (Phi) is 2.18. The Labute approximate surface area is 68.5 Å². The van der Waals surface area contributed by atoms with Gasteiger partial charge in [-0.05, 0) is 0 Å². The summed E-state index contributed by atoms with van der Waals surface area (Å²) in [5.41, 5.74) is 5.05. The van der Waals surface area contributed by atoms with E-state index in [1.807, 2.05) is 0 Å². The molecule has 1 saturated heterocycles. The predicted molar refractivity (Wildman–Crippen MR) is 39.1 cm³/mol. The van der Waals surface area contributed by atoms with Gasteiger partial charge in [-0.1, -0.05) is 0 Å². The maximum Gasteiger partial charge on any atom is 0.267 e. The molecule has 0 aromatic carbocycles. The number of rotatable bonds is 1. The zero-order chi connectivity index (χ0) is 9.35. The number of halogens is 2. The van der Waals surface area contributed by atoms with E-state index in [0.717, 1.165) is 4.90 Å². The van der Waals surface area contributed by atoms with E-state index < -0.39 is 37.5 Å². The van der Waals surface area contributed by atoms with Crippen molar-refractivity contribution in [3.63, 3.8) is 0 Å². The summed E-state index contributed by atoms with van der Waals surface area (Å²) in [7, 11) is 0. The number of guanidine groups is 1. The molecule has 4 nitrogen and oxygen atoms in total. The first-order valence-corrected chi connectivity index (χ1v) is 3.55. The lowest BCUT2D eigenvalue weighted by molar-refractivity contribution is 0.0155. The molecular formula is C6H11F2N3O. The van der Waals surface area contributed by atoms with Crippen LogP contribution in [-0.4, -0.2) is 41.1 Å². The van der Waals surface area contributed by atoms with Gasteiger partial charge in [0, 0.05) is 6.42 Å². The van der Waals surface area contributed by atoms with Crippen LogP contribution in [0.2, 0.25) is 0 Å². The summed E-state index contributed by atoms with van der Waals surface area (Å²) in [6.45, 7) is -0.956. The molecule has 1 heterocycles. The summed E-state index contributed by atoms with van der Waals surface area (Å²) in [6, 6.07) is -0.711. The van der Waals surface area contributed by atoms with Crippen LogP contribution in [0.5, 0.6) is 0 Å². The van der Waals surface area contributed by atoms with E-state index in [2.05, 4.69) is 0 Å². The third-order valence-corrected chi connectivity index (χ3v) is 1.90. The summed E-state index contributed by atoms with van der Waals surface area (Å²) in [4.78, 5) is 1.01. The zero-order valence-electron chi connectivity index (χ0n) is 6.43. The highest BCUT2D eigenvalue weighted by atomic mass is 19.3. The molecule has 6 heteroatoms. The van der Waals surface area contributed by atoms with Crippen LogP contribution in [0, 0.1) is 5.41 Å². The first-order chi connectivity index (χ1) is 5.46. The highest BCUT2D eigenvalue weighted by molar-refractivity contribution is 5.75. The van der Waals surface area contributed by atoms with Crippen LogP contribution >= 0.6 is 0 Å². The number of aliphatic hydroxyl groups excluding tert-OH is 1. The second-order valence-corrected chi connectivity index (χ2v) is 2.91. The van der Waals surface area contributed by atoms with Crippen molar-refractivity contribution in [3.05, 3.63) is 0 Å². The van der Waals surface area contributed by atoms with Gasteiger partial charge < -0.3 is 15.7 Å². The number of nitrogens with two attached hydrogens (primary N) is 1. The average Bonchev–Trinajstić information content (AvgIpc) is 2.25. The van der Waals surface area contributed by atoms with Gasteiger partial charge in [0.05, 0.1) is 19.2 Å². The third kappa shape index (κ3) is 1.63. The van der Waals surface area contributed by atoms with Crippen molar-refractivity contribution >= 4 is 5.96 Å². The first kappa shape index (κ1) is 9.18. The SMILES string of the molecule is N=C(N)N1CC(F)(F)C[C@@H]1CO. The smallest absolute Gasteiger partial charge is 0.267 e. The summed E-state index contributed by atoms with van der Waals surface area (Å²) in [5.74, 6) is -3.25. The molecular weight excluding hydrogens is 168 g/mol. The number of hydrogen-bond donors (Lipinski definition) is 3. The van der Waals surface area contributed by atoms with Crippen molar-refractivity contribution in [2.24, 2.45) is 5.73 Å². The van der Waals surface area contributed by atoms with Gasteiger partial charge in [-0.3, -0.25) is 5.41 Å². The topological polar surface area (TPSA) is 73.3 Å². The van der Waals surface area contributed by atoms with Gasteiger partial charge >= 0.3 is 0 Å². The minimum absolute atomic E-state index is 0.394. The molecule has 0 saturated carbocycles. The van der Waals surface area contributed by atoms with Crippen LogP contribution in [0.4, 0.5) is 8.78 Å². The monoisotopic (exact) mass is 179 g/mol. The molecule has 1 fully saturated rings. The highest BCUT2D eigenvalue weighted by Gasteiger charge is 2.45. The quantitative estimate of drug-likeness (QED) is 0.378. The molecule has 0 bridgehead atoms. The van der Waals surface area contributed by atoms with Crippen molar-refractivity contribution in [1.29, 1.82) is 5.41 Å². The van der Waals surface area contributed by atoms with Crippen LogP contribution in [-0.2, 0) is 0 Å². The zero-order valence-corrected chi connectivity index (χ0v) is 6.43. The lowest BCUT2D eigenvalue weighted by atomic mass is 10.2. The van der Waals surface area contributed by atoms with Crippen LogP contribution < -0.4 is 5.73 Å². The minimum Gasteiger partial charge on any atom is -0.394 e. The van der Waals surface area contributed by atoms with Gasteiger partial charge in [-0.2, -0.15) is 0 Å². The molecule has 1 atom stereocenters. The maximum absolute atomic E-state index is 12.7. The van der Waals surface area contributed by atoms with Gasteiger partial charge in [0.1, 0.15) is 0 Å². The van der Waals surface area contributed by atoms with E-state index in [1.165, 1.54) is 0 Å². The normalized spacial score (nSPS) is 27.6. The Bertz CT molecular complexity index is 197. The summed E-state index contributed by atoms with van der Waals surface area (Å²) >= 11 is 0. The Morgan fingerprint density at radius 1 is 1.75 bits per heavy atom. The molecule has 0 unspecified atom stereocenters. The van der Waals surface area contributed by atoms with Crippen molar-refractivity contribution in [3.8, 4) is 0 Å². The highest BCUT2D eigenvalue weighted by Crippen LogP contribution is 2.31. The summed E-state index contributed by atoms with van der Waals surface area (Å²) in [6.07, 6.45) is -0.428. The average molecular weight is 179 g/mol. The molecule has 1 aliphatic heterocycles. The molecule has 1 rings (SSSR count). The van der Waals surface area contributed by atoms with E-state index >= 15 is 0 Å².